The van der Waals surface area contributed by atoms with Crippen molar-refractivity contribution in [1.82, 2.24) is 19.7 Å². The molecule has 2 aromatic rings. The number of halogens is 4. The standard InChI is InChI=1S/C8H6F4N6/c9-5-2-14-7(17-13)16-6(5)18-3-4(1-15-18)8(10,11)12/h1-3H,13H2,(H,14,16,17). The molecular weight excluding hydrogens is 256 g/mol. The first-order valence-electron chi connectivity index (χ1n) is 4.53. The van der Waals surface area contributed by atoms with Gasteiger partial charge in [-0.1, -0.05) is 0 Å². The van der Waals surface area contributed by atoms with E-state index >= 15 is 0 Å². The summed E-state index contributed by atoms with van der Waals surface area (Å²) in [5, 5.41) is 3.39. The van der Waals surface area contributed by atoms with Crippen molar-refractivity contribution in [3.05, 3.63) is 30.0 Å². The lowest BCUT2D eigenvalue weighted by Crippen LogP contribution is -2.13. The SMILES string of the molecule is NNc1ncc(F)c(-n2cc(C(F)(F)F)cn2)n1. The van der Waals surface area contributed by atoms with E-state index in [1.54, 1.807) is 0 Å². The maximum Gasteiger partial charge on any atom is 0.419 e. The van der Waals surface area contributed by atoms with Crippen molar-refractivity contribution in [1.29, 1.82) is 0 Å². The van der Waals surface area contributed by atoms with E-state index in [4.69, 9.17) is 5.84 Å². The maximum absolute atomic E-state index is 13.4. The molecule has 2 rings (SSSR count). The summed E-state index contributed by atoms with van der Waals surface area (Å²) in [6.07, 6.45) is -2.61. The number of hydrazine groups is 1. The van der Waals surface area contributed by atoms with Crippen LogP contribution in [-0.4, -0.2) is 19.7 Å². The molecule has 3 N–H and O–H groups in total. The second-order valence-electron chi connectivity index (χ2n) is 3.18. The molecule has 6 nitrogen and oxygen atoms in total. The molecule has 0 amide bonds. The number of nitrogens with one attached hydrogen (secondary N) is 1. The molecule has 0 spiro atoms. The van der Waals surface area contributed by atoms with Gasteiger partial charge in [-0.3, -0.25) is 5.43 Å². The van der Waals surface area contributed by atoms with E-state index < -0.39 is 23.4 Å². The van der Waals surface area contributed by atoms with Crippen molar-refractivity contribution < 1.29 is 17.6 Å². The maximum atomic E-state index is 13.4. The lowest BCUT2D eigenvalue weighted by atomic mass is 10.4. The zero-order valence-corrected chi connectivity index (χ0v) is 8.61. The zero-order valence-electron chi connectivity index (χ0n) is 8.61. The molecule has 96 valence electrons. The number of alkyl halides is 3. The van der Waals surface area contributed by atoms with Gasteiger partial charge in [-0.05, 0) is 0 Å². The van der Waals surface area contributed by atoms with Crippen molar-refractivity contribution in [3.63, 3.8) is 0 Å². The van der Waals surface area contributed by atoms with Crippen molar-refractivity contribution >= 4 is 5.95 Å². The minimum Gasteiger partial charge on any atom is -0.292 e. The fourth-order valence-corrected chi connectivity index (χ4v) is 1.17. The van der Waals surface area contributed by atoms with Crippen LogP contribution in [0.2, 0.25) is 0 Å². The molecule has 0 aromatic carbocycles. The van der Waals surface area contributed by atoms with E-state index in [0.717, 1.165) is 6.20 Å². The topological polar surface area (TPSA) is 81.6 Å². The summed E-state index contributed by atoms with van der Waals surface area (Å²) in [6.45, 7) is 0. The van der Waals surface area contributed by atoms with E-state index in [9.17, 15) is 17.6 Å². The molecule has 0 unspecified atom stereocenters. The first kappa shape index (κ1) is 12.2. The van der Waals surface area contributed by atoms with Crippen LogP contribution in [0.3, 0.4) is 0 Å². The molecule has 2 heterocycles. The monoisotopic (exact) mass is 262 g/mol. The fraction of sp³-hybridized carbons (Fsp3) is 0.125. The number of rotatable bonds is 2. The molecule has 0 bridgehead atoms. The van der Waals surface area contributed by atoms with Crippen LogP contribution in [0.4, 0.5) is 23.5 Å². The number of hydrogen-bond acceptors (Lipinski definition) is 5. The van der Waals surface area contributed by atoms with E-state index in [2.05, 4.69) is 15.1 Å². The molecule has 0 saturated carbocycles. The highest BCUT2D eigenvalue weighted by molar-refractivity contribution is 5.32. The Morgan fingerprint density at radius 3 is 2.56 bits per heavy atom. The summed E-state index contributed by atoms with van der Waals surface area (Å²) in [4.78, 5) is 7.02. The largest absolute Gasteiger partial charge is 0.419 e. The Hall–Kier alpha value is -2.23. The lowest BCUT2D eigenvalue weighted by molar-refractivity contribution is -0.137. The molecule has 0 aliphatic carbocycles. The molecule has 0 aliphatic rings. The van der Waals surface area contributed by atoms with E-state index in [1.807, 2.05) is 5.43 Å². The first-order chi connectivity index (χ1) is 8.41. The predicted octanol–water partition coefficient (Wildman–Crippen LogP) is 1.11. The van der Waals surface area contributed by atoms with Crippen LogP contribution in [0, 0.1) is 5.82 Å². The summed E-state index contributed by atoms with van der Waals surface area (Å²) < 4.78 is 51.1. The highest BCUT2D eigenvalue weighted by Gasteiger charge is 2.32. The molecule has 10 heteroatoms. The van der Waals surface area contributed by atoms with Gasteiger partial charge in [0.25, 0.3) is 0 Å². The minimum atomic E-state index is -4.56. The molecule has 0 fully saturated rings. The second-order valence-corrected chi connectivity index (χ2v) is 3.18. The van der Waals surface area contributed by atoms with Gasteiger partial charge in [0, 0.05) is 6.20 Å². The summed E-state index contributed by atoms with van der Waals surface area (Å²) in [5.74, 6) is 3.51. The number of nitrogens with two attached hydrogens (primary N) is 1. The van der Waals surface area contributed by atoms with Crippen LogP contribution >= 0.6 is 0 Å². The van der Waals surface area contributed by atoms with Crippen LogP contribution in [-0.2, 0) is 6.18 Å². The Labute approximate surface area is 97.4 Å². The molecule has 0 radical (unpaired) electrons. The lowest BCUT2D eigenvalue weighted by Gasteiger charge is -2.04. The normalized spacial score (nSPS) is 11.6. The van der Waals surface area contributed by atoms with Crippen molar-refractivity contribution in [2.75, 3.05) is 5.43 Å². The Balaban J connectivity index is 2.45. The van der Waals surface area contributed by atoms with Gasteiger partial charge in [0.05, 0.1) is 18.0 Å². The van der Waals surface area contributed by atoms with E-state index in [-0.39, 0.29) is 5.95 Å². The van der Waals surface area contributed by atoms with Crippen molar-refractivity contribution in [2.24, 2.45) is 5.84 Å². The Bertz CT molecular complexity index is 563. The third-order valence-corrected chi connectivity index (χ3v) is 1.98. The van der Waals surface area contributed by atoms with Gasteiger partial charge in [-0.25, -0.2) is 19.9 Å². The van der Waals surface area contributed by atoms with E-state index in [0.29, 0.717) is 17.1 Å². The summed E-state index contributed by atoms with van der Waals surface area (Å²) in [5.41, 5.74) is 1.04. The molecule has 0 atom stereocenters. The highest BCUT2D eigenvalue weighted by Crippen LogP contribution is 2.29. The fourth-order valence-electron chi connectivity index (χ4n) is 1.17. The Kier molecular flexibility index (Phi) is 2.87. The average molecular weight is 262 g/mol. The average Bonchev–Trinajstić information content (AvgIpc) is 2.78. The van der Waals surface area contributed by atoms with Crippen LogP contribution in [0.1, 0.15) is 5.56 Å². The zero-order chi connectivity index (χ0) is 13.3. The number of nitrogen functional groups attached to an aromatic ring is 1. The van der Waals surface area contributed by atoms with Gasteiger partial charge < -0.3 is 0 Å². The molecule has 0 saturated heterocycles. The van der Waals surface area contributed by atoms with Gasteiger partial charge in [0.2, 0.25) is 5.95 Å². The van der Waals surface area contributed by atoms with Crippen LogP contribution < -0.4 is 11.3 Å². The highest BCUT2D eigenvalue weighted by atomic mass is 19.4. The first-order valence-corrected chi connectivity index (χ1v) is 4.53. The van der Waals surface area contributed by atoms with Gasteiger partial charge in [-0.15, -0.1) is 0 Å². The molecule has 2 aromatic heterocycles. The van der Waals surface area contributed by atoms with Crippen LogP contribution in [0.15, 0.2) is 18.6 Å². The minimum absolute atomic E-state index is 0.143. The summed E-state index contributed by atoms with van der Waals surface area (Å²) in [7, 11) is 0. The van der Waals surface area contributed by atoms with Gasteiger partial charge in [-0.2, -0.15) is 23.3 Å². The van der Waals surface area contributed by atoms with Crippen LogP contribution in [0.5, 0.6) is 0 Å². The third-order valence-electron chi connectivity index (χ3n) is 1.98. The van der Waals surface area contributed by atoms with E-state index in [1.165, 1.54) is 0 Å². The number of hydrogen-bond donors (Lipinski definition) is 2. The number of aromatic nitrogens is 4. The molecule has 0 aliphatic heterocycles. The van der Waals surface area contributed by atoms with Gasteiger partial charge >= 0.3 is 6.18 Å². The van der Waals surface area contributed by atoms with Gasteiger partial charge in [0.1, 0.15) is 0 Å². The van der Waals surface area contributed by atoms with Crippen LogP contribution in [0.25, 0.3) is 5.82 Å². The second kappa shape index (κ2) is 4.22. The Morgan fingerprint density at radius 2 is 2.00 bits per heavy atom. The quantitative estimate of drug-likeness (QED) is 0.481. The Morgan fingerprint density at radius 1 is 1.28 bits per heavy atom. The number of anilines is 1. The summed E-state index contributed by atoms with van der Waals surface area (Å²) >= 11 is 0. The van der Waals surface area contributed by atoms with Crippen molar-refractivity contribution in [2.45, 2.75) is 6.18 Å². The smallest absolute Gasteiger partial charge is 0.292 e. The van der Waals surface area contributed by atoms with Gasteiger partial charge in [0.15, 0.2) is 11.6 Å². The predicted molar refractivity (Wildman–Crippen MR) is 51.9 cm³/mol. The summed E-state index contributed by atoms with van der Waals surface area (Å²) in [6, 6.07) is 0. The third kappa shape index (κ3) is 2.22. The molecule has 18 heavy (non-hydrogen) atoms. The molecular formula is C8H6F4N6. The number of nitrogens with zero attached hydrogens (tertiary/aromatic N) is 4. The van der Waals surface area contributed by atoms with Crippen molar-refractivity contribution in [3.8, 4) is 5.82 Å².